The molecule has 0 aliphatic heterocycles. The van der Waals surface area contributed by atoms with Crippen molar-refractivity contribution in [1.82, 2.24) is 5.32 Å². The number of nitrogens with one attached hydrogen (secondary N) is 1. The normalized spacial score (nSPS) is 34.1. The fourth-order valence-electron chi connectivity index (χ4n) is 3.29. The van der Waals surface area contributed by atoms with Gasteiger partial charge in [-0.2, -0.15) is 0 Å². The fraction of sp³-hybridized carbons (Fsp3) is 1.00. The van der Waals surface area contributed by atoms with Crippen molar-refractivity contribution in [2.45, 2.75) is 69.1 Å². The zero-order valence-corrected chi connectivity index (χ0v) is 11.1. The van der Waals surface area contributed by atoms with Crippen LogP contribution in [0.25, 0.3) is 0 Å². The Morgan fingerprint density at radius 3 is 2.62 bits per heavy atom. The average Bonchev–Trinajstić information content (AvgIpc) is 2.78. The minimum atomic E-state index is 0.238. The summed E-state index contributed by atoms with van der Waals surface area (Å²) in [5.74, 6) is 0.765. The van der Waals surface area contributed by atoms with E-state index in [4.69, 9.17) is 16.3 Å². The van der Waals surface area contributed by atoms with Gasteiger partial charge < -0.3 is 10.1 Å². The van der Waals surface area contributed by atoms with E-state index in [1.54, 1.807) is 0 Å². The van der Waals surface area contributed by atoms with E-state index >= 15 is 0 Å². The van der Waals surface area contributed by atoms with Crippen molar-refractivity contribution in [2.24, 2.45) is 0 Å². The molecule has 0 aromatic rings. The summed E-state index contributed by atoms with van der Waals surface area (Å²) >= 11 is 6.16. The maximum atomic E-state index is 6.16. The summed E-state index contributed by atoms with van der Waals surface area (Å²) in [6, 6.07) is 0.621. The highest BCUT2D eigenvalue weighted by molar-refractivity contribution is 6.18. The van der Waals surface area contributed by atoms with Gasteiger partial charge >= 0.3 is 0 Å². The van der Waals surface area contributed by atoms with E-state index in [0.717, 1.165) is 12.3 Å². The van der Waals surface area contributed by atoms with Crippen molar-refractivity contribution in [3.63, 3.8) is 0 Å². The summed E-state index contributed by atoms with van der Waals surface area (Å²) in [5, 5.41) is 3.83. The predicted octanol–water partition coefficient (Wildman–Crippen LogP) is 3.09. The zero-order chi connectivity index (χ0) is 11.4. The van der Waals surface area contributed by atoms with Crippen LogP contribution in [-0.4, -0.2) is 30.7 Å². The molecule has 94 valence electrons. The van der Waals surface area contributed by atoms with E-state index in [2.05, 4.69) is 5.32 Å². The minimum absolute atomic E-state index is 0.238. The van der Waals surface area contributed by atoms with E-state index in [0.29, 0.717) is 12.1 Å². The van der Waals surface area contributed by atoms with Gasteiger partial charge in [0.1, 0.15) is 0 Å². The van der Waals surface area contributed by atoms with Crippen molar-refractivity contribution in [3.05, 3.63) is 0 Å². The molecule has 2 atom stereocenters. The lowest BCUT2D eigenvalue weighted by Crippen LogP contribution is -2.52. The van der Waals surface area contributed by atoms with Crippen LogP contribution < -0.4 is 5.32 Å². The second-order valence-electron chi connectivity index (χ2n) is 5.49. The molecule has 16 heavy (non-hydrogen) atoms. The summed E-state index contributed by atoms with van der Waals surface area (Å²) in [7, 11) is 1.83. The number of alkyl halides is 1. The Morgan fingerprint density at radius 2 is 2.00 bits per heavy atom. The molecule has 2 rings (SSSR count). The second kappa shape index (κ2) is 5.70. The molecule has 0 aromatic carbocycles. The fourth-order valence-corrected chi connectivity index (χ4v) is 3.64. The van der Waals surface area contributed by atoms with Gasteiger partial charge in [0.15, 0.2) is 0 Å². The minimum Gasteiger partial charge on any atom is -0.381 e. The Hall–Kier alpha value is 0.210. The smallest absolute Gasteiger partial charge is 0.0586 e. The van der Waals surface area contributed by atoms with Crippen molar-refractivity contribution >= 4 is 11.6 Å². The van der Waals surface area contributed by atoms with Crippen LogP contribution >= 0.6 is 11.6 Å². The predicted molar refractivity (Wildman–Crippen MR) is 68.1 cm³/mol. The van der Waals surface area contributed by atoms with Crippen LogP contribution in [0.15, 0.2) is 0 Å². The molecule has 0 bridgehead atoms. The maximum absolute atomic E-state index is 6.16. The number of halogens is 1. The van der Waals surface area contributed by atoms with Crippen LogP contribution in [0.5, 0.6) is 0 Å². The molecular weight excluding hydrogens is 222 g/mol. The largest absolute Gasteiger partial charge is 0.381 e. The number of ether oxygens (including phenoxy) is 1. The third-order valence-electron chi connectivity index (χ3n) is 4.29. The molecule has 0 amide bonds. The van der Waals surface area contributed by atoms with E-state index in [1.165, 1.54) is 44.9 Å². The molecule has 2 aliphatic rings. The number of methoxy groups -OCH3 is 1. The summed E-state index contributed by atoms with van der Waals surface area (Å²) in [4.78, 5) is 0. The molecule has 2 nitrogen and oxygen atoms in total. The highest BCUT2D eigenvalue weighted by atomic mass is 35.5. The Balaban J connectivity index is 1.87. The molecule has 0 spiro atoms. The van der Waals surface area contributed by atoms with Crippen LogP contribution in [0.4, 0.5) is 0 Å². The Kier molecular flexibility index (Phi) is 4.51. The molecule has 3 heteroatoms. The van der Waals surface area contributed by atoms with Crippen molar-refractivity contribution in [2.75, 3.05) is 13.0 Å². The first-order valence-corrected chi connectivity index (χ1v) is 7.18. The van der Waals surface area contributed by atoms with Crippen LogP contribution in [-0.2, 0) is 4.74 Å². The Labute approximate surface area is 104 Å². The quantitative estimate of drug-likeness (QED) is 0.769. The number of hydrogen-bond acceptors (Lipinski definition) is 2. The second-order valence-corrected chi connectivity index (χ2v) is 5.75. The lowest BCUT2D eigenvalue weighted by atomic mass is 9.89. The van der Waals surface area contributed by atoms with Gasteiger partial charge in [0.05, 0.1) is 6.10 Å². The molecule has 1 N–H and O–H groups in total. The molecule has 2 unspecified atom stereocenters. The molecule has 0 aromatic heterocycles. The summed E-state index contributed by atoms with van der Waals surface area (Å²) in [5.41, 5.74) is 0.238. The van der Waals surface area contributed by atoms with Crippen molar-refractivity contribution in [1.29, 1.82) is 0 Å². The van der Waals surface area contributed by atoms with Crippen molar-refractivity contribution in [3.8, 4) is 0 Å². The zero-order valence-electron chi connectivity index (χ0n) is 10.3. The van der Waals surface area contributed by atoms with Gasteiger partial charge in [-0.1, -0.05) is 12.8 Å². The van der Waals surface area contributed by atoms with Crippen LogP contribution in [0.1, 0.15) is 51.4 Å². The number of rotatable bonds is 4. The first-order chi connectivity index (χ1) is 7.78. The maximum Gasteiger partial charge on any atom is 0.0586 e. The topological polar surface area (TPSA) is 21.3 Å². The molecule has 2 aliphatic carbocycles. The van der Waals surface area contributed by atoms with Crippen LogP contribution in [0, 0.1) is 0 Å². The van der Waals surface area contributed by atoms with Gasteiger partial charge in [0.25, 0.3) is 0 Å². The Morgan fingerprint density at radius 1 is 1.25 bits per heavy atom. The third kappa shape index (κ3) is 2.91. The first-order valence-electron chi connectivity index (χ1n) is 6.64. The van der Waals surface area contributed by atoms with Gasteiger partial charge in [-0.15, -0.1) is 11.6 Å². The van der Waals surface area contributed by atoms with Crippen molar-refractivity contribution < 1.29 is 4.74 Å². The summed E-state index contributed by atoms with van der Waals surface area (Å²) in [6.45, 7) is 0. The van der Waals surface area contributed by atoms with E-state index in [1.807, 2.05) is 7.11 Å². The van der Waals surface area contributed by atoms with Crippen LogP contribution in [0.3, 0.4) is 0 Å². The highest BCUT2D eigenvalue weighted by Gasteiger charge is 2.36. The van der Waals surface area contributed by atoms with Gasteiger partial charge in [-0.05, 0) is 38.5 Å². The van der Waals surface area contributed by atoms with E-state index < -0.39 is 0 Å². The molecule has 0 saturated heterocycles. The molecule has 2 fully saturated rings. The SMILES string of the molecule is COC1CCCC(NC2(CCl)CCCC2)C1. The van der Waals surface area contributed by atoms with Gasteiger partial charge in [0, 0.05) is 24.6 Å². The van der Waals surface area contributed by atoms with E-state index in [-0.39, 0.29) is 5.54 Å². The van der Waals surface area contributed by atoms with E-state index in [9.17, 15) is 0 Å². The monoisotopic (exact) mass is 245 g/mol. The van der Waals surface area contributed by atoms with Crippen LogP contribution in [0.2, 0.25) is 0 Å². The first kappa shape index (κ1) is 12.7. The lowest BCUT2D eigenvalue weighted by Gasteiger charge is -2.37. The highest BCUT2D eigenvalue weighted by Crippen LogP contribution is 2.33. The average molecular weight is 246 g/mol. The third-order valence-corrected chi connectivity index (χ3v) is 4.80. The lowest BCUT2D eigenvalue weighted by molar-refractivity contribution is 0.0535. The summed E-state index contributed by atoms with van der Waals surface area (Å²) < 4.78 is 5.48. The Bertz CT molecular complexity index is 216. The molecular formula is C13H24ClNO. The summed E-state index contributed by atoms with van der Waals surface area (Å²) in [6.07, 6.45) is 10.6. The van der Waals surface area contributed by atoms with Gasteiger partial charge in [-0.25, -0.2) is 0 Å². The molecule has 0 heterocycles. The standard InChI is InChI=1S/C13H24ClNO/c1-16-12-6-4-5-11(9-12)15-13(10-14)7-2-3-8-13/h11-12,15H,2-10H2,1H3. The number of hydrogen-bond donors (Lipinski definition) is 1. The molecule has 0 radical (unpaired) electrons. The van der Waals surface area contributed by atoms with Gasteiger partial charge in [-0.3, -0.25) is 0 Å². The van der Waals surface area contributed by atoms with Gasteiger partial charge in [0.2, 0.25) is 0 Å². The molecule has 2 saturated carbocycles.